The van der Waals surface area contributed by atoms with Crippen molar-refractivity contribution in [1.29, 1.82) is 0 Å². The first kappa shape index (κ1) is 20.5. The van der Waals surface area contributed by atoms with E-state index in [4.69, 9.17) is 9.51 Å². The fourth-order valence-electron chi connectivity index (χ4n) is 4.11. The number of ketones is 1. The van der Waals surface area contributed by atoms with Gasteiger partial charge in [-0.3, -0.25) is 9.78 Å². The molecule has 0 saturated heterocycles. The third kappa shape index (κ3) is 4.33. The predicted octanol–water partition coefficient (Wildman–Crippen LogP) is 4.89. The van der Waals surface area contributed by atoms with Crippen LogP contribution in [0.15, 0.2) is 29.2 Å². The molecule has 1 aliphatic heterocycles. The van der Waals surface area contributed by atoms with Crippen molar-refractivity contribution >= 4 is 38.7 Å². The summed E-state index contributed by atoms with van der Waals surface area (Å²) >= 11 is 3.48. The molecule has 0 saturated carbocycles. The molecular formula is C23H24N4O2S2. The highest BCUT2D eigenvalue weighted by Gasteiger charge is 2.25. The number of aryl methyl sites for hydroxylation is 2. The van der Waals surface area contributed by atoms with Gasteiger partial charge in [-0.1, -0.05) is 5.16 Å². The van der Waals surface area contributed by atoms with Gasteiger partial charge in [0.1, 0.15) is 22.6 Å². The first-order chi connectivity index (χ1) is 15.2. The van der Waals surface area contributed by atoms with E-state index in [1.165, 1.54) is 20.9 Å². The number of thiophene rings is 1. The number of rotatable bonds is 8. The lowest BCUT2D eigenvalue weighted by molar-refractivity contribution is -0.118. The van der Waals surface area contributed by atoms with Crippen molar-refractivity contribution in [2.75, 3.05) is 6.54 Å². The van der Waals surface area contributed by atoms with Crippen LogP contribution in [-0.2, 0) is 30.6 Å². The average Bonchev–Trinajstić information content (AvgIpc) is 3.47. The van der Waals surface area contributed by atoms with Crippen molar-refractivity contribution in [3.63, 3.8) is 0 Å². The summed E-state index contributed by atoms with van der Waals surface area (Å²) in [4.78, 5) is 24.4. The molecule has 0 bridgehead atoms. The van der Waals surface area contributed by atoms with Crippen molar-refractivity contribution in [3.05, 3.63) is 51.3 Å². The summed E-state index contributed by atoms with van der Waals surface area (Å²) < 4.78 is 6.13. The van der Waals surface area contributed by atoms with Gasteiger partial charge in [0.05, 0.1) is 16.6 Å². The van der Waals surface area contributed by atoms with Gasteiger partial charge >= 0.3 is 0 Å². The maximum absolute atomic E-state index is 12.8. The molecule has 0 aliphatic carbocycles. The molecule has 0 amide bonds. The van der Waals surface area contributed by atoms with E-state index >= 15 is 0 Å². The zero-order valence-corrected chi connectivity index (χ0v) is 19.1. The van der Waals surface area contributed by atoms with Gasteiger partial charge in [-0.15, -0.1) is 22.7 Å². The van der Waals surface area contributed by atoms with Crippen molar-refractivity contribution in [2.45, 2.75) is 52.0 Å². The van der Waals surface area contributed by atoms with Crippen LogP contribution >= 0.6 is 22.7 Å². The molecule has 0 fully saturated rings. The normalized spacial score (nSPS) is 13.6. The minimum absolute atomic E-state index is 0.303. The second-order valence-electron chi connectivity index (χ2n) is 7.94. The third-order valence-electron chi connectivity index (χ3n) is 5.76. The highest BCUT2D eigenvalue weighted by atomic mass is 32.1. The molecule has 1 aliphatic rings. The molecule has 5 rings (SSSR count). The number of Topliss-reactive ketones (excluding diaryl/α,β-unsaturated/α-hetero) is 1. The Labute approximate surface area is 188 Å². The van der Waals surface area contributed by atoms with Crippen LogP contribution in [0, 0.1) is 6.92 Å². The quantitative estimate of drug-likeness (QED) is 0.384. The van der Waals surface area contributed by atoms with Crippen LogP contribution < -0.4 is 5.32 Å². The molecule has 1 N–H and O–H groups in total. The second kappa shape index (κ2) is 8.98. The second-order valence-corrected chi connectivity index (χ2v) is 10.2. The lowest BCUT2D eigenvalue weighted by atomic mass is 10.00. The topological polar surface area (TPSA) is 80.9 Å². The van der Waals surface area contributed by atoms with Crippen molar-refractivity contribution < 1.29 is 9.32 Å². The predicted molar refractivity (Wildman–Crippen MR) is 124 cm³/mol. The Morgan fingerprint density at radius 1 is 1.29 bits per heavy atom. The Balaban J connectivity index is 1.32. The number of thiazole rings is 1. The van der Waals surface area contributed by atoms with Crippen LogP contribution in [0.5, 0.6) is 0 Å². The van der Waals surface area contributed by atoms with Gasteiger partial charge in [0.25, 0.3) is 0 Å². The van der Waals surface area contributed by atoms with E-state index in [9.17, 15) is 4.79 Å². The molecular weight excluding hydrogens is 428 g/mol. The van der Waals surface area contributed by atoms with Gasteiger partial charge < -0.3 is 9.84 Å². The summed E-state index contributed by atoms with van der Waals surface area (Å²) in [7, 11) is 0. The highest BCUT2D eigenvalue weighted by molar-refractivity contribution is 7.22. The summed E-state index contributed by atoms with van der Waals surface area (Å²) in [6, 6.07) is 2.01. The number of unbranched alkanes of at least 4 members (excludes halogenated alkanes) is 1. The standard InChI is InChI=1S/C23H24N4O2S2/c1-14-15(13-29-27-14)4-2-3-5-16(28)10-20-22(17-6-8-25-12-21(17)30-20)23-26-18-11-24-9-7-19(18)31-23/h7,9,11,13,25H,2-6,8,10,12H2,1H3. The van der Waals surface area contributed by atoms with Crippen molar-refractivity contribution in [3.8, 4) is 10.6 Å². The number of carbonyl (C=O) groups excluding carboxylic acids is 1. The molecule has 0 aromatic carbocycles. The first-order valence-electron chi connectivity index (χ1n) is 10.7. The fourth-order valence-corrected chi connectivity index (χ4v) is 6.56. The van der Waals surface area contributed by atoms with E-state index < -0.39 is 0 Å². The Kier molecular flexibility index (Phi) is 5.93. The Bertz CT molecular complexity index is 1190. The van der Waals surface area contributed by atoms with Crippen LogP contribution in [0.2, 0.25) is 0 Å². The molecule has 31 heavy (non-hydrogen) atoms. The number of carbonyl (C=O) groups is 1. The number of hydrogen-bond donors (Lipinski definition) is 1. The fraction of sp³-hybridized carbons (Fsp3) is 0.391. The molecule has 0 unspecified atom stereocenters. The number of nitrogens with zero attached hydrogens (tertiary/aromatic N) is 3. The van der Waals surface area contributed by atoms with E-state index in [1.54, 1.807) is 28.9 Å². The number of nitrogens with one attached hydrogen (secondary N) is 1. The van der Waals surface area contributed by atoms with Gasteiger partial charge in [-0.2, -0.15) is 0 Å². The van der Waals surface area contributed by atoms with Crippen LogP contribution in [0.3, 0.4) is 0 Å². The summed E-state index contributed by atoms with van der Waals surface area (Å²) in [6.07, 6.45) is 10.2. The molecule has 8 heteroatoms. The van der Waals surface area contributed by atoms with Crippen molar-refractivity contribution in [2.24, 2.45) is 0 Å². The minimum Gasteiger partial charge on any atom is -0.364 e. The van der Waals surface area contributed by atoms with Crippen LogP contribution in [0.25, 0.3) is 20.8 Å². The molecule has 4 aromatic rings. The summed E-state index contributed by atoms with van der Waals surface area (Å²) in [5.74, 6) is 0.303. The molecule has 6 nitrogen and oxygen atoms in total. The highest BCUT2D eigenvalue weighted by Crippen LogP contribution is 2.41. The first-order valence-corrected chi connectivity index (χ1v) is 12.3. The lowest BCUT2D eigenvalue weighted by Crippen LogP contribution is -2.22. The van der Waals surface area contributed by atoms with Gasteiger partial charge in [-0.25, -0.2) is 4.98 Å². The van der Waals surface area contributed by atoms with Gasteiger partial charge in [0, 0.05) is 46.5 Å². The lowest BCUT2D eigenvalue weighted by Gasteiger charge is -2.13. The Morgan fingerprint density at radius 3 is 3.06 bits per heavy atom. The van der Waals surface area contributed by atoms with E-state index in [-0.39, 0.29) is 0 Å². The minimum atomic E-state index is 0.303. The number of pyridine rings is 1. The summed E-state index contributed by atoms with van der Waals surface area (Å²) in [6.45, 7) is 3.81. The van der Waals surface area contributed by atoms with Crippen molar-refractivity contribution in [1.82, 2.24) is 20.4 Å². The third-order valence-corrected chi connectivity index (χ3v) is 8.05. The van der Waals surface area contributed by atoms with E-state index in [0.717, 1.165) is 65.3 Å². The zero-order valence-electron chi connectivity index (χ0n) is 17.4. The van der Waals surface area contributed by atoms with Crippen LogP contribution in [-0.4, -0.2) is 27.5 Å². The van der Waals surface area contributed by atoms with E-state index in [1.807, 2.05) is 25.4 Å². The Hall–Kier alpha value is -2.42. The monoisotopic (exact) mass is 452 g/mol. The Morgan fingerprint density at radius 2 is 2.23 bits per heavy atom. The van der Waals surface area contributed by atoms with Crippen LogP contribution in [0.1, 0.15) is 45.8 Å². The smallest absolute Gasteiger partial charge is 0.138 e. The SMILES string of the molecule is Cc1nocc1CCCCC(=O)Cc1sc2c(c1-c1nc3cnccc3s1)CCNC2. The summed E-state index contributed by atoms with van der Waals surface area (Å²) in [5.41, 5.74) is 5.59. The zero-order chi connectivity index (χ0) is 21.2. The van der Waals surface area contributed by atoms with E-state index in [0.29, 0.717) is 18.6 Å². The average molecular weight is 453 g/mol. The van der Waals surface area contributed by atoms with E-state index in [2.05, 4.69) is 15.5 Å². The molecule has 0 spiro atoms. The molecule has 5 heterocycles. The van der Waals surface area contributed by atoms with Gasteiger partial charge in [0.2, 0.25) is 0 Å². The van der Waals surface area contributed by atoms with Gasteiger partial charge in [0.15, 0.2) is 0 Å². The molecule has 160 valence electrons. The van der Waals surface area contributed by atoms with Gasteiger partial charge in [-0.05, 0) is 50.8 Å². The molecule has 0 atom stereocenters. The maximum Gasteiger partial charge on any atom is 0.138 e. The maximum atomic E-state index is 12.8. The largest absolute Gasteiger partial charge is 0.364 e. The number of aromatic nitrogens is 3. The number of fused-ring (bicyclic) bond motifs is 2. The number of hydrogen-bond acceptors (Lipinski definition) is 8. The summed E-state index contributed by atoms with van der Waals surface area (Å²) in [5, 5.41) is 8.40. The van der Waals surface area contributed by atoms with Crippen LogP contribution in [0.4, 0.5) is 0 Å². The molecule has 4 aromatic heterocycles. The molecule has 0 radical (unpaired) electrons.